The smallest absolute Gasteiger partial charge is 0.160 e. The molecule has 1 heterocycles. The third-order valence-electron chi connectivity index (χ3n) is 11.2. The molecule has 0 bridgehead atoms. The van der Waals surface area contributed by atoms with Gasteiger partial charge in [-0.3, -0.25) is 0 Å². The Bertz CT molecular complexity index is 2590. The average Bonchev–Trinajstić information content (AvgIpc) is 3.47. The van der Waals surface area contributed by atoms with Gasteiger partial charge in [0.1, 0.15) is 0 Å². The maximum absolute atomic E-state index is 5.47. The molecule has 0 radical (unpaired) electrons. The molecule has 2 nitrogen and oxygen atoms in total. The van der Waals surface area contributed by atoms with Gasteiger partial charge in [0.15, 0.2) is 5.82 Å². The molecule has 8 aromatic rings. The molecule has 2 aliphatic carbocycles. The molecule has 0 fully saturated rings. The Morgan fingerprint density at radius 3 is 1.64 bits per heavy atom. The summed E-state index contributed by atoms with van der Waals surface area (Å²) in [6.45, 7) is 4.74. The number of rotatable bonds is 3. The number of benzene rings is 7. The van der Waals surface area contributed by atoms with Gasteiger partial charge in [-0.05, 0) is 67.4 Å². The molecule has 7 aromatic carbocycles. The average molecular weight is 639 g/mol. The highest BCUT2D eigenvalue weighted by atomic mass is 14.9. The summed E-state index contributed by atoms with van der Waals surface area (Å²) in [6, 6.07) is 61.7. The summed E-state index contributed by atoms with van der Waals surface area (Å²) in [4.78, 5) is 10.9. The van der Waals surface area contributed by atoms with Crippen LogP contribution in [0.4, 0.5) is 0 Å². The summed E-state index contributed by atoms with van der Waals surface area (Å²) in [6.07, 6.45) is 0. The van der Waals surface area contributed by atoms with Crippen LogP contribution in [0.25, 0.3) is 55.8 Å². The van der Waals surface area contributed by atoms with Crippen LogP contribution in [-0.4, -0.2) is 9.97 Å². The molecule has 2 heteroatoms. The van der Waals surface area contributed by atoms with E-state index in [1.807, 2.05) is 0 Å². The van der Waals surface area contributed by atoms with E-state index in [4.69, 9.17) is 9.97 Å². The van der Waals surface area contributed by atoms with Crippen molar-refractivity contribution in [3.8, 4) is 45.0 Å². The monoisotopic (exact) mass is 638 g/mol. The molecule has 0 atom stereocenters. The van der Waals surface area contributed by atoms with Crippen LogP contribution < -0.4 is 0 Å². The van der Waals surface area contributed by atoms with Crippen molar-refractivity contribution in [1.82, 2.24) is 9.97 Å². The van der Waals surface area contributed by atoms with Crippen molar-refractivity contribution in [2.24, 2.45) is 0 Å². The van der Waals surface area contributed by atoms with Crippen LogP contribution >= 0.6 is 0 Å². The first-order chi connectivity index (χ1) is 24.5. The summed E-state index contributed by atoms with van der Waals surface area (Å²) in [5.41, 5.74) is 14.7. The van der Waals surface area contributed by atoms with E-state index in [-0.39, 0.29) is 5.41 Å². The molecule has 236 valence electrons. The normalized spacial score (nSPS) is 14.5. The zero-order valence-corrected chi connectivity index (χ0v) is 28.1. The van der Waals surface area contributed by atoms with Crippen LogP contribution in [0.3, 0.4) is 0 Å². The van der Waals surface area contributed by atoms with E-state index >= 15 is 0 Å². The molecule has 0 unspecified atom stereocenters. The van der Waals surface area contributed by atoms with Gasteiger partial charge in [-0.25, -0.2) is 9.97 Å². The Hall–Kier alpha value is -6.12. The molecule has 2 aliphatic rings. The van der Waals surface area contributed by atoms with Crippen LogP contribution in [0.15, 0.2) is 170 Å². The Balaban J connectivity index is 1.33. The molecular weight excluding hydrogens is 605 g/mol. The fourth-order valence-corrected chi connectivity index (χ4v) is 8.91. The molecule has 0 aliphatic heterocycles. The van der Waals surface area contributed by atoms with Gasteiger partial charge >= 0.3 is 0 Å². The molecule has 0 N–H and O–H groups in total. The van der Waals surface area contributed by atoms with Gasteiger partial charge in [0.25, 0.3) is 0 Å². The highest BCUT2D eigenvalue weighted by Crippen LogP contribution is 2.63. The number of fused-ring (bicyclic) bond motifs is 10. The lowest BCUT2D eigenvalue weighted by molar-refractivity contribution is 0.564. The van der Waals surface area contributed by atoms with E-state index in [1.54, 1.807) is 0 Å². The van der Waals surface area contributed by atoms with Crippen molar-refractivity contribution in [1.29, 1.82) is 0 Å². The Kier molecular flexibility index (Phi) is 6.17. The van der Waals surface area contributed by atoms with Crippen molar-refractivity contribution >= 4 is 10.8 Å². The van der Waals surface area contributed by atoms with Crippen LogP contribution in [0.1, 0.15) is 47.2 Å². The molecule has 10 rings (SSSR count). The van der Waals surface area contributed by atoms with E-state index in [0.717, 1.165) is 33.9 Å². The minimum atomic E-state index is -0.541. The highest BCUT2D eigenvalue weighted by molar-refractivity contribution is 5.92. The first-order valence-electron chi connectivity index (χ1n) is 17.4. The van der Waals surface area contributed by atoms with E-state index in [0.29, 0.717) is 0 Å². The number of aromatic nitrogens is 2. The molecule has 0 saturated carbocycles. The lowest BCUT2D eigenvalue weighted by atomic mass is 9.54. The summed E-state index contributed by atoms with van der Waals surface area (Å²) in [7, 11) is 0. The molecule has 1 spiro atoms. The summed E-state index contributed by atoms with van der Waals surface area (Å²) >= 11 is 0. The van der Waals surface area contributed by atoms with Crippen LogP contribution in [0.2, 0.25) is 0 Å². The Morgan fingerprint density at radius 2 is 0.920 bits per heavy atom. The Labute approximate surface area is 292 Å². The van der Waals surface area contributed by atoms with Crippen molar-refractivity contribution in [3.05, 3.63) is 203 Å². The number of hydrogen-bond donors (Lipinski definition) is 0. The fourth-order valence-electron chi connectivity index (χ4n) is 8.91. The number of hydrogen-bond acceptors (Lipinski definition) is 2. The Morgan fingerprint density at radius 1 is 0.380 bits per heavy atom. The summed E-state index contributed by atoms with van der Waals surface area (Å²) in [5, 5.41) is 2.41. The van der Waals surface area contributed by atoms with E-state index in [2.05, 4.69) is 184 Å². The van der Waals surface area contributed by atoms with Gasteiger partial charge in [0.05, 0.1) is 16.8 Å². The lowest BCUT2D eigenvalue weighted by Gasteiger charge is -2.47. The van der Waals surface area contributed by atoms with Gasteiger partial charge in [-0.2, -0.15) is 0 Å². The van der Waals surface area contributed by atoms with Crippen molar-refractivity contribution < 1.29 is 0 Å². The number of nitrogens with zero attached hydrogens (tertiary/aromatic N) is 2. The molecule has 0 saturated heterocycles. The van der Waals surface area contributed by atoms with Gasteiger partial charge in [-0.15, -0.1) is 0 Å². The van der Waals surface area contributed by atoms with Gasteiger partial charge in [0, 0.05) is 22.1 Å². The van der Waals surface area contributed by atoms with E-state index in [9.17, 15) is 0 Å². The SMILES string of the molecule is CC1(C)c2ccccc2C2(c3ccccc3-c3ccccc32)c2c(-c3nc(-c4ccccc4)cc(-c4ccc5ccccc5c4)n3)cccc21. The van der Waals surface area contributed by atoms with Crippen LogP contribution in [0, 0.1) is 0 Å². The quantitative estimate of drug-likeness (QED) is 0.192. The third-order valence-corrected chi connectivity index (χ3v) is 11.2. The van der Waals surface area contributed by atoms with E-state index < -0.39 is 5.41 Å². The van der Waals surface area contributed by atoms with Crippen LogP contribution in [0.5, 0.6) is 0 Å². The maximum atomic E-state index is 5.47. The standard InChI is InChI=1S/C48H34N2/c1-47(2)40-24-12-13-25-41(40)48(38-22-10-8-19-35(38)36-20-9-11-23-39(36)48)45-37(21-14-26-42(45)47)46-49-43(32-16-4-3-5-17-32)30-44(50-46)34-28-27-31-15-6-7-18-33(31)29-34/h3-30H,1-2H3. The van der Waals surface area contributed by atoms with Gasteiger partial charge in [0.2, 0.25) is 0 Å². The van der Waals surface area contributed by atoms with Crippen molar-refractivity contribution in [3.63, 3.8) is 0 Å². The third kappa shape index (κ3) is 3.96. The predicted octanol–water partition coefficient (Wildman–Crippen LogP) is 11.6. The molecule has 1 aromatic heterocycles. The van der Waals surface area contributed by atoms with Gasteiger partial charge in [-0.1, -0.05) is 172 Å². The second-order valence-electron chi connectivity index (χ2n) is 14.1. The minimum Gasteiger partial charge on any atom is -0.228 e. The fraction of sp³-hybridized carbons (Fsp3) is 0.0833. The van der Waals surface area contributed by atoms with Gasteiger partial charge < -0.3 is 0 Å². The first kappa shape index (κ1) is 28.9. The maximum Gasteiger partial charge on any atom is 0.160 e. The second-order valence-corrected chi connectivity index (χ2v) is 14.1. The first-order valence-corrected chi connectivity index (χ1v) is 17.4. The van der Waals surface area contributed by atoms with Crippen LogP contribution in [-0.2, 0) is 10.8 Å². The van der Waals surface area contributed by atoms with E-state index in [1.165, 1.54) is 55.3 Å². The predicted molar refractivity (Wildman–Crippen MR) is 205 cm³/mol. The molecule has 0 amide bonds. The topological polar surface area (TPSA) is 25.8 Å². The van der Waals surface area contributed by atoms with Crippen molar-refractivity contribution in [2.45, 2.75) is 24.7 Å². The minimum absolute atomic E-state index is 0.252. The molecule has 50 heavy (non-hydrogen) atoms. The largest absolute Gasteiger partial charge is 0.228 e. The lowest BCUT2D eigenvalue weighted by Crippen LogP contribution is -2.41. The highest BCUT2D eigenvalue weighted by Gasteiger charge is 2.54. The summed E-state index contributed by atoms with van der Waals surface area (Å²) in [5.74, 6) is 0.739. The summed E-state index contributed by atoms with van der Waals surface area (Å²) < 4.78 is 0. The zero-order valence-electron chi connectivity index (χ0n) is 28.1. The second kappa shape index (κ2) is 10.7. The van der Waals surface area contributed by atoms with Crippen molar-refractivity contribution in [2.75, 3.05) is 0 Å². The zero-order chi connectivity index (χ0) is 33.5. The molecular formula is C48H34N2.